The van der Waals surface area contributed by atoms with Crippen LogP contribution < -0.4 is 5.32 Å². The smallest absolute Gasteiger partial charge is 0.288 e. The first-order valence-electron chi connectivity index (χ1n) is 5.86. The van der Waals surface area contributed by atoms with E-state index < -0.39 is 16.9 Å². The average molecular weight is 287 g/mol. The van der Waals surface area contributed by atoms with Crippen molar-refractivity contribution in [2.24, 2.45) is 0 Å². The first-order valence-corrected chi connectivity index (χ1v) is 6.23. The summed E-state index contributed by atoms with van der Waals surface area (Å²) in [4.78, 5) is 21.8. The summed E-state index contributed by atoms with van der Waals surface area (Å²) in [5.41, 5.74) is -0.134. The third kappa shape index (κ3) is 4.50. The zero-order valence-electron chi connectivity index (χ0n) is 10.4. The molecule has 1 rings (SSSR count). The topological polar surface area (TPSA) is 92.5 Å². The van der Waals surface area contributed by atoms with Crippen LogP contribution in [0.5, 0.6) is 0 Å². The number of nitro benzene ring substituents is 1. The Balaban J connectivity index is 2.67. The predicted molar refractivity (Wildman–Crippen MR) is 71.4 cm³/mol. The molecule has 1 aromatic rings. The molecule has 0 saturated carbocycles. The van der Waals surface area contributed by atoms with Crippen molar-refractivity contribution in [1.29, 1.82) is 0 Å². The molecule has 7 heteroatoms. The van der Waals surface area contributed by atoms with Gasteiger partial charge < -0.3 is 10.4 Å². The van der Waals surface area contributed by atoms with Gasteiger partial charge in [-0.1, -0.05) is 18.5 Å². The van der Waals surface area contributed by atoms with E-state index in [0.717, 1.165) is 6.07 Å². The summed E-state index contributed by atoms with van der Waals surface area (Å²) in [5, 5.41) is 22.6. The normalized spacial score (nSPS) is 11.9. The highest BCUT2D eigenvalue weighted by atomic mass is 35.5. The van der Waals surface area contributed by atoms with Crippen LogP contribution in [0.1, 0.15) is 30.1 Å². The molecule has 0 spiro atoms. The van der Waals surface area contributed by atoms with Gasteiger partial charge in [0.1, 0.15) is 5.02 Å². The Kier molecular flexibility index (Phi) is 5.72. The molecule has 1 unspecified atom stereocenters. The number of carbonyl (C=O) groups is 1. The Morgan fingerprint density at radius 3 is 2.84 bits per heavy atom. The fraction of sp³-hybridized carbons (Fsp3) is 0.417. The van der Waals surface area contributed by atoms with E-state index >= 15 is 0 Å². The van der Waals surface area contributed by atoms with Crippen LogP contribution in [0, 0.1) is 10.1 Å². The molecule has 0 bridgehead atoms. The lowest BCUT2D eigenvalue weighted by Gasteiger charge is -2.09. The number of nitrogens with one attached hydrogen (secondary N) is 1. The summed E-state index contributed by atoms with van der Waals surface area (Å²) in [5.74, 6) is -0.428. The van der Waals surface area contributed by atoms with Crippen LogP contribution in [0.25, 0.3) is 0 Å². The lowest BCUT2D eigenvalue weighted by molar-refractivity contribution is -0.384. The van der Waals surface area contributed by atoms with E-state index in [4.69, 9.17) is 11.6 Å². The van der Waals surface area contributed by atoms with E-state index in [1.807, 2.05) is 6.92 Å². The fourth-order valence-corrected chi connectivity index (χ4v) is 1.64. The highest BCUT2D eigenvalue weighted by Crippen LogP contribution is 2.24. The minimum absolute atomic E-state index is 0.0112. The van der Waals surface area contributed by atoms with Crippen molar-refractivity contribution in [3.05, 3.63) is 38.9 Å². The molecule has 1 amide bonds. The minimum Gasteiger partial charge on any atom is -0.393 e. The van der Waals surface area contributed by atoms with E-state index in [1.54, 1.807) is 0 Å². The molecule has 0 fully saturated rings. The maximum absolute atomic E-state index is 11.7. The van der Waals surface area contributed by atoms with Crippen LogP contribution in [-0.2, 0) is 0 Å². The molecule has 104 valence electrons. The van der Waals surface area contributed by atoms with Crippen LogP contribution in [0.2, 0.25) is 5.02 Å². The molecule has 0 aromatic heterocycles. The van der Waals surface area contributed by atoms with Gasteiger partial charge in [-0.15, -0.1) is 0 Å². The Morgan fingerprint density at radius 2 is 2.26 bits per heavy atom. The molecule has 0 heterocycles. The van der Waals surface area contributed by atoms with Gasteiger partial charge in [0.2, 0.25) is 0 Å². The summed E-state index contributed by atoms with van der Waals surface area (Å²) < 4.78 is 0. The Bertz CT molecular complexity index is 479. The van der Waals surface area contributed by atoms with Crippen molar-refractivity contribution < 1.29 is 14.8 Å². The molecule has 0 saturated heterocycles. The van der Waals surface area contributed by atoms with E-state index in [1.165, 1.54) is 12.1 Å². The van der Waals surface area contributed by atoms with Crippen LogP contribution in [-0.4, -0.2) is 28.6 Å². The van der Waals surface area contributed by atoms with E-state index in [-0.39, 0.29) is 16.3 Å². The van der Waals surface area contributed by atoms with Crippen molar-refractivity contribution >= 4 is 23.2 Å². The maximum Gasteiger partial charge on any atom is 0.288 e. The lowest BCUT2D eigenvalue weighted by Crippen LogP contribution is -2.27. The molecular formula is C12H15ClN2O4. The number of halogens is 1. The van der Waals surface area contributed by atoms with E-state index in [2.05, 4.69) is 5.32 Å². The van der Waals surface area contributed by atoms with Crippen LogP contribution in [0.4, 0.5) is 5.69 Å². The average Bonchev–Trinajstić information content (AvgIpc) is 2.38. The lowest BCUT2D eigenvalue weighted by atomic mass is 10.1. The molecule has 1 atom stereocenters. The maximum atomic E-state index is 11.7. The molecule has 2 N–H and O–H groups in total. The zero-order chi connectivity index (χ0) is 14.4. The summed E-state index contributed by atoms with van der Waals surface area (Å²) in [6, 6.07) is 3.87. The fourth-order valence-electron chi connectivity index (χ4n) is 1.45. The molecule has 0 aliphatic carbocycles. The molecule has 0 radical (unpaired) electrons. The summed E-state index contributed by atoms with van der Waals surface area (Å²) in [6.45, 7) is 2.15. The molecule has 1 aromatic carbocycles. The van der Waals surface area contributed by atoms with Crippen LogP contribution in [0.3, 0.4) is 0 Å². The van der Waals surface area contributed by atoms with Crippen molar-refractivity contribution in [1.82, 2.24) is 5.32 Å². The number of amides is 1. The van der Waals surface area contributed by atoms with Crippen molar-refractivity contribution in [3.8, 4) is 0 Å². The van der Waals surface area contributed by atoms with Gasteiger partial charge in [0.05, 0.1) is 11.0 Å². The quantitative estimate of drug-likeness (QED) is 0.619. The highest BCUT2D eigenvalue weighted by Gasteiger charge is 2.16. The summed E-state index contributed by atoms with van der Waals surface area (Å²) in [7, 11) is 0. The van der Waals surface area contributed by atoms with Crippen LogP contribution in [0.15, 0.2) is 18.2 Å². The number of nitro groups is 1. The van der Waals surface area contributed by atoms with Gasteiger partial charge in [0.25, 0.3) is 11.6 Å². The Hall–Kier alpha value is -1.66. The SMILES string of the molecule is CCC(O)CCNC(=O)c1ccc(Cl)c([N+](=O)[O-])c1. The second-order valence-corrected chi connectivity index (χ2v) is 4.44. The first kappa shape index (κ1) is 15.4. The second kappa shape index (κ2) is 7.06. The van der Waals surface area contributed by atoms with Gasteiger partial charge in [-0.3, -0.25) is 14.9 Å². The monoisotopic (exact) mass is 286 g/mol. The van der Waals surface area contributed by atoms with Crippen LogP contribution >= 0.6 is 11.6 Å². The summed E-state index contributed by atoms with van der Waals surface area (Å²) in [6.07, 6.45) is 0.597. The number of hydrogen-bond acceptors (Lipinski definition) is 4. The van der Waals surface area contributed by atoms with Crippen molar-refractivity contribution in [3.63, 3.8) is 0 Å². The molecular weight excluding hydrogens is 272 g/mol. The van der Waals surface area contributed by atoms with Crippen molar-refractivity contribution in [2.75, 3.05) is 6.54 Å². The summed E-state index contributed by atoms with van der Waals surface area (Å²) >= 11 is 5.65. The number of aliphatic hydroxyl groups excluding tert-OH is 1. The first-order chi connectivity index (χ1) is 8.95. The third-order valence-electron chi connectivity index (χ3n) is 2.64. The van der Waals surface area contributed by atoms with E-state index in [9.17, 15) is 20.0 Å². The highest BCUT2D eigenvalue weighted by molar-refractivity contribution is 6.32. The number of rotatable bonds is 6. The van der Waals surface area contributed by atoms with E-state index in [0.29, 0.717) is 19.4 Å². The second-order valence-electron chi connectivity index (χ2n) is 4.03. The minimum atomic E-state index is -0.639. The van der Waals surface area contributed by atoms with Gasteiger partial charge in [-0.25, -0.2) is 0 Å². The van der Waals surface area contributed by atoms with Gasteiger partial charge in [0, 0.05) is 18.2 Å². The number of aliphatic hydroxyl groups is 1. The number of nitrogens with zero attached hydrogens (tertiary/aromatic N) is 1. The number of carbonyl (C=O) groups excluding carboxylic acids is 1. The van der Waals surface area contributed by atoms with Gasteiger partial charge in [-0.2, -0.15) is 0 Å². The predicted octanol–water partition coefficient (Wildman–Crippen LogP) is 2.14. The zero-order valence-corrected chi connectivity index (χ0v) is 11.2. The molecule has 0 aliphatic heterocycles. The molecule has 6 nitrogen and oxygen atoms in total. The Morgan fingerprint density at radius 1 is 1.58 bits per heavy atom. The number of benzene rings is 1. The standard InChI is InChI=1S/C12H15ClN2O4/c1-2-9(16)5-6-14-12(17)8-3-4-10(13)11(7-8)15(18)19/h3-4,7,9,16H,2,5-6H2,1H3,(H,14,17). The van der Waals surface area contributed by atoms with Gasteiger partial charge in [0.15, 0.2) is 0 Å². The Labute approximate surface area is 115 Å². The largest absolute Gasteiger partial charge is 0.393 e. The molecule has 19 heavy (non-hydrogen) atoms. The van der Waals surface area contributed by atoms with Gasteiger partial charge in [-0.05, 0) is 25.0 Å². The van der Waals surface area contributed by atoms with Gasteiger partial charge >= 0.3 is 0 Å². The van der Waals surface area contributed by atoms with Crippen molar-refractivity contribution in [2.45, 2.75) is 25.9 Å². The number of hydrogen-bond donors (Lipinski definition) is 2. The third-order valence-corrected chi connectivity index (χ3v) is 2.96. The molecule has 0 aliphatic rings.